The number of pyridine rings is 1. The molecular formula is C12H15ClN4O. The molecule has 3 heterocycles. The maximum atomic E-state index is 6.23. The van der Waals surface area contributed by atoms with Crippen molar-refractivity contribution < 1.29 is 4.74 Å². The molecule has 0 radical (unpaired) electrons. The average molecular weight is 267 g/mol. The summed E-state index contributed by atoms with van der Waals surface area (Å²) in [5, 5.41) is 4.16. The molecule has 1 atom stereocenters. The van der Waals surface area contributed by atoms with Gasteiger partial charge < -0.3 is 9.64 Å². The summed E-state index contributed by atoms with van der Waals surface area (Å²) < 4.78 is 5.35. The lowest BCUT2D eigenvalue weighted by Crippen LogP contribution is -2.37. The molecule has 2 aliphatic heterocycles. The summed E-state index contributed by atoms with van der Waals surface area (Å²) in [6.45, 7) is 5.20. The van der Waals surface area contributed by atoms with Crippen molar-refractivity contribution in [1.82, 2.24) is 10.4 Å². The van der Waals surface area contributed by atoms with Gasteiger partial charge in [0, 0.05) is 30.4 Å². The lowest BCUT2D eigenvalue weighted by atomic mass is 10.1. The van der Waals surface area contributed by atoms with Gasteiger partial charge in [-0.05, 0) is 13.0 Å². The summed E-state index contributed by atoms with van der Waals surface area (Å²) in [4.78, 5) is 6.72. The number of aromatic nitrogens is 1. The number of fused-ring (bicyclic) bond motifs is 1. The fraction of sp³-hybridized carbons (Fsp3) is 0.500. The van der Waals surface area contributed by atoms with Gasteiger partial charge in [-0.25, -0.2) is 4.98 Å². The molecule has 1 unspecified atom stereocenters. The van der Waals surface area contributed by atoms with E-state index in [1.165, 1.54) is 0 Å². The molecule has 0 aliphatic carbocycles. The Morgan fingerprint density at radius 3 is 3.00 bits per heavy atom. The minimum atomic E-state index is -0.286. The van der Waals surface area contributed by atoms with E-state index in [9.17, 15) is 0 Å². The zero-order chi connectivity index (χ0) is 12.5. The van der Waals surface area contributed by atoms with E-state index in [4.69, 9.17) is 16.3 Å². The Labute approximate surface area is 111 Å². The van der Waals surface area contributed by atoms with Crippen molar-refractivity contribution in [2.45, 2.75) is 12.4 Å². The molecule has 0 saturated carbocycles. The van der Waals surface area contributed by atoms with Crippen LogP contribution in [0, 0.1) is 0 Å². The fourth-order valence-electron chi connectivity index (χ4n) is 2.22. The van der Waals surface area contributed by atoms with Crippen molar-refractivity contribution in [3.8, 4) is 0 Å². The second kappa shape index (κ2) is 4.74. The summed E-state index contributed by atoms with van der Waals surface area (Å²) in [5.74, 6) is 0.958. The monoisotopic (exact) mass is 266 g/mol. The van der Waals surface area contributed by atoms with Gasteiger partial charge in [-0.2, -0.15) is 5.10 Å². The Bertz CT molecular complexity index is 485. The largest absolute Gasteiger partial charge is 0.378 e. The quantitative estimate of drug-likeness (QED) is 0.618. The molecule has 96 valence electrons. The molecule has 0 amide bonds. The van der Waals surface area contributed by atoms with Gasteiger partial charge in [0.05, 0.1) is 18.9 Å². The van der Waals surface area contributed by atoms with Gasteiger partial charge >= 0.3 is 0 Å². The number of morpholine rings is 1. The summed E-state index contributed by atoms with van der Waals surface area (Å²) in [7, 11) is 0. The van der Waals surface area contributed by atoms with E-state index in [1.807, 2.05) is 19.2 Å². The Morgan fingerprint density at radius 1 is 1.44 bits per heavy atom. The SMILES string of the molecule is CC1=NNC(Cl)c2cc(N3CCOCC3)ncc21. The number of halogens is 1. The van der Waals surface area contributed by atoms with E-state index in [0.717, 1.165) is 49.0 Å². The molecule has 1 aromatic heterocycles. The van der Waals surface area contributed by atoms with Crippen molar-refractivity contribution in [3.05, 3.63) is 23.4 Å². The van der Waals surface area contributed by atoms with Gasteiger partial charge in [-0.1, -0.05) is 11.6 Å². The van der Waals surface area contributed by atoms with Crippen LogP contribution in [-0.4, -0.2) is 37.0 Å². The highest BCUT2D eigenvalue weighted by Gasteiger charge is 2.21. The number of nitrogens with zero attached hydrogens (tertiary/aromatic N) is 3. The maximum absolute atomic E-state index is 6.23. The summed E-state index contributed by atoms with van der Waals surface area (Å²) in [6, 6.07) is 2.05. The van der Waals surface area contributed by atoms with Gasteiger partial charge in [0.2, 0.25) is 0 Å². The first kappa shape index (κ1) is 11.7. The number of rotatable bonds is 1. The molecule has 0 aromatic carbocycles. The Hall–Kier alpha value is -1.33. The highest BCUT2D eigenvalue weighted by molar-refractivity contribution is 6.22. The third-order valence-electron chi connectivity index (χ3n) is 3.27. The molecule has 1 saturated heterocycles. The van der Waals surface area contributed by atoms with E-state index >= 15 is 0 Å². The molecule has 1 N–H and O–H groups in total. The van der Waals surface area contributed by atoms with Crippen LogP contribution in [-0.2, 0) is 4.74 Å². The highest BCUT2D eigenvalue weighted by Crippen LogP contribution is 2.28. The predicted octanol–water partition coefficient (Wildman–Crippen LogP) is 1.48. The number of hydrogen-bond donors (Lipinski definition) is 1. The Morgan fingerprint density at radius 2 is 2.22 bits per heavy atom. The molecule has 6 heteroatoms. The molecule has 0 bridgehead atoms. The van der Waals surface area contributed by atoms with Crippen LogP contribution >= 0.6 is 11.6 Å². The molecular weight excluding hydrogens is 252 g/mol. The fourth-order valence-corrected chi connectivity index (χ4v) is 2.45. The van der Waals surface area contributed by atoms with Crippen LogP contribution in [0.5, 0.6) is 0 Å². The molecule has 5 nitrogen and oxygen atoms in total. The van der Waals surface area contributed by atoms with Gasteiger partial charge in [0.1, 0.15) is 11.3 Å². The molecule has 18 heavy (non-hydrogen) atoms. The average Bonchev–Trinajstić information content (AvgIpc) is 2.44. The van der Waals surface area contributed by atoms with Crippen LogP contribution in [0.25, 0.3) is 0 Å². The lowest BCUT2D eigenvalue weighted by Gasteiger charge is -2.29. The molecule has 3 rings (SSSR count). The van der Waals surface area contributed by atoms with Crippen LogP contribution in [0.15, 0.2) is 17.4 Å². The topological polar surface area (TPSA) is 49.8 Å². The summed E-state index contributed by atoms with van der Waals surface area (Å²) in [5.41, 5.74) is 5.60. The summed E-state index contributed by atoms with van der Waals surface area (Å²) >= 11 is 6.23. The predicted molar refractivity (Wildman–Crippen MR) is 71.2 cm³/mol. The highest BCUT2D eigenvalue weighted by atomic mass is 35.5. The minimum Gasteiger partial charge on any atom is -0.378 e. The van der Waals surface area contributed by atoms with E-state index in [1.54, 1.807) is 0 Å². The van der Waals surface area contributed by atoms with Crippen molar-refractivity contribution in [3.63, 3.8) is 0 Å². The zero-order valence-electron chi connectivity index (χ0n) is 10.2. The first-order valence-electron chi connectivity index (χ1n) is 6.02. The van der Waals surface area contributed by atoms with E-state index in [0.29, 0.717) is 0 Å². The van der Waals surface area contributed by atoms with Crippen LogP contribution in [0.2, 0.25) is 0 Å². The van der Waals surface area contributed by atoms with E-state index in [2.05, 4.69) is 20.4 Å². The zero-order valence-corrected chi connectivity index (χ0v) is 10.9. The van der Waals surface area contributed by atoms with Gasteiger partial charge in [-0.3, -0.25) is 5.43 Å². The number of alkyl halides is 1. The third kappa shape index (κ3) is 2.04. The Kier molecular flexibility index (Phi) is 3.09. The number of anilines is 1. The molecule has 1 fully saturated rings. The first-order valence-corrected chi connectivity index (χ1v) is 6.46. The normalized spacial score (nSPS) is 23.1. The second-order valence-electron chi connectivity index (χ2n) is 4.42. The van der Waals surface area contributed by atoms with Crippen molar-refractivity contribution in [2.24, 2.45) is 5.10 Å². The minimum absolute atomic E-state index is 0.286. The number of hydrazone groups is 1. The summed E-state index contributed by atoms with van der Waals surface area (Å²) in [6.07, 6.45) is 1.86. The van der Waals surface area contributed by atoms with E-state index < -0.39 is 0 Å². The van der Waals surface area contributed by atoms with Gasteiger partial charge in [-0.15, -0.1) is 0 Å². The maximum Gasteiger partial charge on any atom is 0.143 e. The van der Waals surface area contributed by atoms with Crippen LogP contribution in [0.3, 0.4) is 0 Å². The van der Waals surface area contributed by atoms with Crippen LogP contribution in [0.1, 0.15) is 23.6 Å². The van der Waals surface area contributed by atoms with Crippen LogP contribution < -0.4 is 10.3 Å². The standard InChI is InChI=1S/C12H15ClN4O/c1-8-10-7-14-11(17-2-4-18-5-3-17)6-9(10)12(13)16-15-8/h6-7,12,16H,2-5H2,1H3. The first-order chi connectivity index (χ1) is 8.75. The number of nitrogens with one attached hydrogen (secondary N) is 1. The van der Waals surface area contributed by atoms with Gasteiger partial charge in [0.15, 0.2) is 0 Å². The van der Waals surface area contributed by atoms with Gasteiger partial charge in [0.25, 0.3) is 0 Å². The molecule has 2 aliphatic rings. The second-order valence-corrected chi connectivity index (χ2v) is 4.85. The van der Waals surface area contributed by atoms with E-state index in [-0.39, 0.29) is 5.50 Å². The van der Waals surface area contributed by atoms with Crippen molar-refractivity contribution in [2.75, 3.05) is 31.2 Å². The lowest BCUT2D eigenvalue weighted by molar-refractivity contribution is 0.122. The smallest absolute Gasteiger partial charge is 0.143 e. The third-order valence-corrected chi connectivity index (χ3v) is 3.60. The van der Waals surface area contributed by atoms with Crippen molar-refractivity contribution >= 4 is 23.1 Å². The Balaban J connectivity index is 1.94. The number of ether oxygens (including phenoxy) is 1. The molecule has 0 spiro atoms. The molecule has 1 aromatic rings. The van der Waals surface area contributed by atoms with Crippen molar-refractivity contribution in [1.29, 1.82) is 0 Å². The van der Waals surface area contributed by atoms with Crippen LogP contribution in [0.4, 0.5) is 5.82 Å². The number of hydrogen-bond acceptors (Lipinski definition) is 5.